The van der Waals surface area contributed by atoms with Crippen LogP contribution in [0.25, 0.3) is 31.3 Å². The number of carbonyl (C=O) groups is 2. The van der Waals surface area contributed by atoms with Gasteiger partial charge in [0.05, 0.1) is 9.75 Å². The standard InChI is InChI=1S/C43H24N2O9S2/c46-35-25-15-7-8-16-26(25)36(47)33(35)44-31-19-29-39(55-31)40-30(20-32(56-40)45-34-37(48)27-17-9-10-18-28(27)38(34)49)54-43(29,41(50)52-21-23-11-3-1-4-12-23)42(51)53-22-24-13-5-2-6-14-24/h1-20H,21-22H2. The molecule has 13 heteroatoms. The van der Waals surface area contributed by atoms with E-state index in [9.17, 15) is 28.8 Å². The average molecular weight is 777 g/mol. The highest BCUT2D eigenvalue weighted by Crippen LogP contribution is 2.56. The van der Waals surface area contributed by atoms with Crippen LogP contribution in [-0.4, -0.2) is 11.9 Å². The van der Waals surface area contributed by atoms with Crippen LogP contribution in [0.2, 0.25) is 0 Å². The van der Waals surface area contributed by atoms with Gasteiger partial charge in [0, 0.05) is 33.2 Å². The molecule has 9 rings (SSSR count). The third-order valence-electron chi connectivity index (χ3n) is 9.39. The summed E-state index contributed by atoms with van der Waals surface area (Å²) >= 11 is 2.05. The van der Waals surface area contributed by atoms with Gasteiger partial charge in [0.1, 0.15) is 29.0 Å². The highest BCUT2D eigenvalue weighted by molar-refractivity contribution is 7.26. The zero-order valence-electron chi connectivity index (χ0n) is 28.8. The molecule has 0 spiro atoms. The van der Waals surface area contributed by atoms with Gasteiger partial charge in [-0.2, -0.15) is 0 Å². The third kappa shape index (κ3) is 5.72. The average Bonchev–Trinajstić information content (AvgIpc) is 3.97. The van der Waals surface area contributed by atoms with E-state index in [1.165, 1.54) is 12.1 Å². The molecule has 0 radical (unpaired) electrons. The summed E-state index contributed by atoms with van der Waals surface area (Å²) in [6, 6.07) is 33.3. The van der Waals surface area contributed by atoms with Crippen molar-refractivity contribution in [3.63, 3.8) is 0 Å². The second-order valence-corrected chi connectivity index (χ2v) is 14.9. The van der Waals surface area contributed by atoms with E-state index in [0.717, 1.165) is 22.7 Å². The molecule has 8 aromatic rings. The number of ether oxygens (including phenoxy) is 3. The number of carbonyl (C=O) groups excluding carboxylic acids is 2. The first kappa shape index (κ1) is 34.8. The quantitative estimate of drug-likeness (QED) is 0.144. The molecule has 0 bridgehead atoms. The van der Waals surface area contributed by atoms with Crippen molar-refractivity contribution in [1.29, 1.82) is 0 Å². The number of hydrogen-bond acceptors (Lipinski definition) is 13. The lowest BCUT2D eigenvalue weighted by Gasteiger charge is -2.33. The molecule has 0 fully saturated rings. The summed E-state index contributed by atoms with van der Waals surface area (Å²) in [5, 5.41) is 0.566. The molecule has 0 aliphatic carbocycles. The second kappa shape index (κ2) is 13.7. The van der Waals surface area contributed by atoms with E-state index in [1.54, 1.807) is 109 Å². The molecule has 1 aliphatic heterocycles. The molecule has 272 valence electrons. The molecule has 11 nitrogen and oxygen atoms in total. The van der Waals surface area contributed by atoms with Crippen LogP contribution >= 0.6 is 22.7 Å². The Kier molecular flexibility index (Phi) is 8.52. The molecule has 0 unspecified atom stereocenters. The Hall–Kier alpha value is -6.96. The first-order valence-corrected chi connectivity index (χ1v) is 18.8. The minimum Gasteiger partial charge on any atom is -0.458 e. The van der Waals surface area contributed by atoms with Gasteiger partial charge in [0.15, 0.2) is 10.7 Å². The molecule has 2 aromatic heterocycles. The Morgan fingerprint density at radius 3 is 1.38 bits per heavy atom. The SMILES string of the molecule is O=C(OCc1ccccc1)C1(C(=O)OCc2ccccc2)Oc2cc(N=c3c(=O)c4ccccc4c3=O)sc2-c2sc(N=c3c(=O)c4ccccc4c3=O)cc21. The van der Waals surface area contributed by atoms with Gasteiger partial charge < -0.3 is 14.2 Å². The van der Waals surface area contributed by atoms with Gasteiger partial charge in [-0.25, -0.2) is 19.6 Å². The summed E-state index contributed by atoms with van der Waals surface area (Å²) in [5.41, 5.74) is -3.48. The van der Waals surface area contributed by atoms with Crippen LogP contribution in [0.4, 0.5) is 10.0 Å². The highest BCUT2D eigenvalue weighted by atomic mass is 32.1. The number of nitrogens with zero attached hydrogens (tertiary/aromatic N) is 2. The Labute approximate surface area is 322 Å². The van der Waals surface area contributed by atoms with Gasteiger partial charge in [0.2, 0.25) is 21.7 Å². The molecule has 6 aromatic carbocycles. The van der Waals surface area contributed by atoms with Crippen LogP contribution in [-0.2, 0) is 37.9 Å². The topological polar surface area (TPSA) is 155 Å². The number of rotatable bonds is 8. The predicted octanol–water partition coefficient (Wildman–Crippen LogP) is 5.51. The first-order chi connectivity index (χ1) is 27.2. The largest absolute Gasteiger partial charge is 0.458 e. The van der Waals surface area contributed by atoms with Crippen LogP contribution in [0, 0.1) is 0 Å². The van der Waals surface area contributed by atoms with Gasteiger partial charge in [-0.3, -0.25) is 19.2 Å². The molecule has 3 heterocycles. The van der Waals surface area contributed by atoms with Crippen molar-refractivity contribution in [3.05, 3.63) is 190 Å². The summed E-state index contributed by atoms with van der Waals surface area (Å²) in [6.45, 7) is -0.431. The highest BCUT2D eigenvalue weighted by Gasteiger charge is 2.59. The lowest BCUT2D eigenvalue weighted by atomic mass is 9.91. The Morgan fingerprint density at radius 2 is 0.929 bits per heavy atom. The van der Waals surface area contributed by atoms with Crippen molar-refractivity contribution >= 4 is 66.2 Å². The van der Waals surface area contributed by atoms with Crippen molar-refractivity contribution < 1.29 is 23.8 Å². The van der Waals surface area contributed by atoms with Crippen LogP contribution in [0.1, 0.15) is 16.7 Å². The molecule has 0 amide bonds. The summed E-state index contributed by atoms with van der Waals surface area (Å²) in [7, 11) is 0. The maximum absolute atomic E-state index is 14.5. The lowest BCUT2D eigenvalue weighted by Crippen LogP contribution is -2.51. The van der Waals surface area contributed by atoms with Crippen LogP contribution in [0.3, 0.4) is 0 Å². The molecule has 0 saturated carbocycles. The van der Waals surface area contributed by atoms with Crippen LogP contribution in [0.15, 0.2) is 150 Å². The summed E-state index contributed by atoms with van der Waals surface area (Å²) < 4.78 is 18.0. The lowest BCUT2D eigenvalue weighted by molar-refractivity contribution is -0.183. The van der Waals surface area contributed by atoms with Crippen LogP contribution < -0.4 is 37.2 Å². The van der Waals surface area contributed by atoms with E-state index in [1.807, 2.05) is 0 Å². The van der Waals surface area contributed by atoms with Crippen molar-refractivity contribution in [2.24, 2.45) is 9.98 Å². The van der Waals surface area contributed by atoms with E-state index >= 15 is 0 Å². The summed E-state index contributed by atoms with van der Waals surface area (Å²) in [4.78, 5) is 91.9. The van der Waals surface area contributed by atoms with Gasteiger partial charge in [-0.1, -0.05) is 109 Å². The van der Waals surface area contributed by atoms with Crippen molar-refractivity contribution in [1.82, 2.24) is 0 Å². The molecule has 0 saturated heterocycles. The molecule has 1 aliphatic rings. The molecular weight excluding hydrogens is 753 g/mol. The summed E-state index contributed by atoms with van der Waals surface area (Å²) in [6.07, 6.45) is 0. The Bertz CT molecular complexity index is 3050. The smallest absolute Gasteiger partial charge is 0.367 e. The predicted molar refractivity (Wildman–Crippen MR) is 211 cm³/mol. The monoisotopic (exact) mass is 776 g/mol. The number of thiophene rings is 2. The molecule has 0 atom stereocenters. The Balaban J connectivity index is 1.24. The minimum absolute atomic E-state index is 0.00218. The molecular formula is C43H24N2O9S2. The van der Waals surface area contributed by atoms with E-state index in [4.69, 9.17) is 14.2 Å². The van der Waals surface area contributed by atoms with Crippen molar-refractivity contribution in [3.8, 4) is 15.5 Å². The fourth-order valence-electron chi connectivity index (χ4n) is 6.67. The zero-order valence-corrected chi connectivity index (χ0v) is 30.5. The second-order valence-electron chi connectivity index (χ2n) is 12.8. The van der Waals surface area contributed by atoms with Gasteiger partial charge in [-0.15, -0.1) is 22.7 Å². The number of hydrogen-bond donors (Lipinski definition) is 0. The fourth-order valence-corrected chi connectivity index (χ4v) is 8.86. The molecule has 0 N–H and O–H groups in total. The van der Waals surface area contributed by atoms with E-state index in [-0.39, 0.29) is 66.8 Å². The van der Waals surface area contributed by atoms with Gasteiger partial charge in [-0.05, 0) is 17.2 Å². The third-order valence-corrected chi connectivity index (χ3v) is 11.6. The number of esters is 2. The maximum atomic E-state index is 14.5. The first-order valence-electron chi connectivity index (χ1n) is 17.2. The normalized spacial score (nSPS) is 12.8. The van der Waals surface area contributed by atoms with Crippen molar-refractivity contribution in [2.45, 2.75) is 18.8 Å². The van der Waals surface area contributed by atoms with E-state index in [2.05, 4.69) is 9.98 Å². The van der Waals surface area contributed by atoms with Gasteiger partial charge >= 0.3 is 17.5 Å². The fraction of sp³-hybridized carbons (Fsp3) is 0.0698. The number of fused-ring (bicyclic) bond motifs is 5. The molecule has 56 heavy (non-hydrogen) atoms. The van der Waals surface area contributed by atoms with Crippen molar-refractivity contribution in [2.75, 3.05) is 0 Å². The van der Waals surface area contributed by atoms with Crippen LogP contribution in [0.5, 0.6) is 5.75 Å². The minimum atomic E-state index is -2.56. The Morgan fingerprint density at radius 1 is 0.536 bits per heavy atom. The zero-order chi connectivity index (χ0) is 38.6. The number of benzene rings is 4. The van der Waals surface area contributed by atoms with E-state index in [0.29, 0.717) is 20.9 Å². The maximum Gasteiger partial charge on any atom is 0.367 e. The van der Waals surface area contributed by atoms with Gasteiger partial charge in [0.25, 0.3) is 0 Å². The van der Waals surface area contributed by atoms with E-state index < -0.39 is 39.3 Å². The summed E-state index contributed by atoms with van der Waals surface area (Å²) in [5.74, 6) is -2.18.